The zero-order valence-corrected chi connectivity index (χ0v) is 19.4. The average molecular weight is 402 g/mol. The summed E-state index contributed by atoms with van der Waals surface area (Å²) in [7, 11) is 0. The summed E-state index contributed by atoms with van der Waals surface area (Å²) in [5.41, 5.74) is 5.77. The van der Waals surface area contributed by atoms with Gasteiger partial charge in [0.1, 0.15) is 0 Å². The molecule has 7 N–H and O–H groups in total. The monoisotopic (exact) mass is 401 g/mol. The van der Waals surface area contributed by atoms with Crippen LogP contribution in [-0.2, 0) is 0 Å². The van der Waals surface area contributed by atoms with Crippen molar-refractivity contribution in [1.82, 2.24) is 21.3 Å². The Morgan fingerprint density at radius 1 is 0.679 bits per heavy atom. The van der Waals surface area contributed by atoms with E-state index in [1.165, 1.54) is 32.1 Å². The van der Waals surface area contributed by atoms with Crippen molar-refractivity contribution in [3.63, 3.8) is 0 Å². The first-order valence-corrected chi connectivity index (χ1v) is 11.7. The van der Waals surface area contributed by atoms with Crippen molar-refractivity contribution in [1.29, 1.82) is 0 Å². The van der Waals surface area contributed by atoms with Crippen LogP contribution >= 0.6 is 0 Å². The fourth-order valence-electron chi connectivity index (χ4n) is 3.09. The molecule has 0 spiro atoms. The van der Waals surface area contributed by atoms with Gasteiger partial charge in [-0.1, -0.05) is 45.4 Å². The summed E-state index contributed by atoms with van der Waals surface area (Å²) in [5.74, 6) is 0. The highest BCUT2D eigenvalue weighted by Crippen LogP contribution is 2.08. The summed E-state index contributed by atoms with van der Waals surface area (Å²) in [6.45, 7) is 15.1. The molecule has 5 atom stereocenters. The maximum absolute atomic E-state index is 10.1. The van der Waals surface area contributed by atoms with Gasteiger partial charge in [0.05, 0.1) is 6.10 Å². The van der Waals surface area contributed by atoms with Crippen molar-refractivity contribution in [2.75, 3.05) is 32.7 Å². The summed E-state index contributed by atoms with van der Waals surface area (Å²) in [5, 5.41) is 24.0. The van der Waals surface area contributed by atoms with E-state index in [9.17, 15) is 5.11 Å². The highest BCUT2D eigenvalue weighted by atomic mass is 16.3. The Balaban J connectivity index is 3.58. The van der Waals surface area contributed by atoms with E-state index in [4.69, 9.17) is 5.73 Å². The Kier molecular flexibility index (Phi) is 18.6. The fourth-order valence-corrected chi connectivity index (χ4v) is 3.09. The zero-order chi connectivity index (χ0) is 21.2. The van der Waals surface area contributed by atoms with Crippen LogP contribution in [0.15, 0.2) is 0 Å². The lowest BCUT2D eigenvalue weighted by molar-refractivity contribution is 0.157. The van der Waals surface area contributed by atoms with E-state index in [1.54, 1.807) is 0 Å². The van der Waals surface area contributed by atoms with E-state index in [0.29, 0.717) is 24.7 Å². The summed E-state index contributed by atoms with van der Waals surface area (Å²) < 4.78 is 0. The molecule has 0 aliphatic carbocycles. The minimum atomic E-state index is -0.218. The molecular formula is C22H51N5O. The molecule has 0 aromatic rings. The van der Waals surface area contributed by atoms with Crippen LogP contribution in [0.25, 0.3) is 0 Å². The third kappa shape index (κ3) is 19.1. The predicted molar refractivity (Wildman–Crippen MR) is 123 cm³/mol. The molecule has 0 bridgehead atoms. The minimum Gasteiger partial charge on any atom is -0.392 e. The maximum atomic E-state index is 10.1. The van der Waals surface area contributed by atoms with Gasteiger partial charge in [0.25, 0.3) is 0 Å². The third-order valence-corrected chi connectivity index (χ3v) is 5.05. The third-order valence-electron chi connectivity index (χ3n) is 5.05. The van der Waals surface area contributed by atoms with Crippen molar-refractivity contribution < 1.29 is 5.11 Å². The first-order valence-electron chi connectivity index (χ1n) is 11.7. The molecule has 0 aliphatic rings. The van der Waals surface area contributed by atoms with E-state index in [2.05, 4.69) is 49.0 Å². The fraction of sp³-hybridized carbons (Fsp3) is 1.00. The number of rotatable bonds is 20. The summed E-state index contributed by atoms with van der Waals surface area (Å²) in [6, 6.07) is 1.42. The lowest BCUT2D eigenvalue weighted by atomic mass is 10.1. The lowest BCUT2D eigenvalue weighted by Crippen LogP contribution is -2.48. The van der Waals surface area contributed by atoms with Gasteiger partial charge in [0, 0.05) is 56.9 Å². The Hall–Kier alpha value is -0.240. The lowest BCUT2D eigenvalue weighted by Gasteiger charge is -2.22. The van der Waals surface area contributed by atoms with E-state index in [0.717, 1.165) is 39.0 Å². The smallest absolute Gasteiger partial charge is 0.0664 e. The quantitative estimate of drug-likeness (QED) is 0.175. The van der Waals surface area contributed by atoms with Gasteiger partial charge in [-0.05, 0) is 34.1 Å². The zero-order valence-electron chi connectivity index (χ0n) is 19.4. The summed E-state index contributed by atoms with van der Waals surface area (Å²) in [4.78, 5) is 0. The van der Waals surface area contributed by atoms with E-state index in [1.807, 2.05) is 6.92 Å². The molecular weight excluding hydrogens is 350 g/mol. The van der Waals surface area contributed by atoms with Crippen molar-refractivity contribution >= 4 is 0 Å². The number of hydrogen-bond donors (Lipinski definition) is 6. The van der Waals surface area contributed by atoms with Gasteiger partial charge < -0.3 is 32.1 Å². The van der Waals surface area contributed by atoms with Gasteiger partial charge in [0.15, 0.2) is 0 Å². The normalized spacial score (nSPS) is 17.2. The molecule has 0 fully saturated rings. The van der Waals surface area contributed by atoms with Crippen LogP contribution in [0.4, 0.5) is 0 Å². The Morgan fingerprint density at radius 3 is 1.75 bits per heavy atom. The second kappa shape index (κ2) is 18.8. The van der Waals surface area contributed by atoms with Gasteiger partial charge in [-0.2, -0.15) is 0 Å². The molecule has 6 nitrogen and oxygen atoms in total. The van der Waals surface area contributed by atoms with Crippen LogP contribution in [-0.4, -0.2) is 68.1 Å². The summed E-state index contributed by atoms with van der Waals surface area (Å²) >= 11 is 0. The van der Waals surface area contributed by atoms with E-state index in [-0.39, 0.29) is 12.1 Å². The maximum Gasteiger partial charge on any atom is 0.0664 e. The van der Waals surface area contributed by atoms with Gasteiger partial charge in [0.2, 0.25) is 0 Å². The van der Waals surface area contributed by atoms with Crippen molar-refractivity contribution in [2.24, 2.45) is 5.73 Å². The SMILES string of the molecule is CCCCCCCCC(O)CNCC(C)NCC(C)NCC(C)NCC(C)N. The second-order valence-electron chi connectivity index (χ2n) is 8.77. The molecule has 6 heteroatoms. The van der Waals surface area contributed by atoms with Crippen molar-refractivity contribution in [2.45, 2.75) is 110 Å². The highest BCUT2D eigenvalue weighted by Gasteiger charge is 2.09. The van der Waals surface area contributed by atoms with Gasteiger partial charge in [-0.25, -0.2) is 0 Å². The molecule has 170 valence electrons. The molecule has 0 amide bonds. The van der Waals surface area contributed by atoms with Gasteiger partial charge in [-0.15, -0.1) is 0 Å². The Bertz CT molecular complexity index is 330. The largest absolute Gasteiger partial charge is 0.392 e. The molecule has 0 aromatic heterocycles. The summed E-state index contributed by atoms with van der Waals surface area (Å²) in [6.07, 6.45) is 8.36. The average Bonchev–Trinajstić information content (AvgIpc) is 2.65. The predicted octanol–water partition coefficient (Wildman–Crippen LogP) is 1.97. The molecule has 0 saturated heterocycles. The number of hydrogen-bond acceptors (Lipinski definition) is 6. The topological polar surface area (TPSA) is 94.4 Å². The molecule has 0 aromatic carbocycles. The number of unbranched alkanes of at least 4 members (excludes halogenated alkanes) is 5. The number of nitrogens with one attached hydrogen (secondary N) is 4. The van der Waals surface area contributed by atoms with Crippen LogP contribution in [0.3, 0.4) is 0 Å². The van der Waals surface area contributed by atoms with Gasteiger partial charge >= 0.3 is 0 Å². The van der Waals surface area contributed by atoms with Crippen molar-refractivity contribution in [3.05, 3.63) is 0 Å². The van der Waals surface area contributed by atoms with Crippen molar-refractivity contribution in [3.8, 4) is 0 Å². The van der Waals surface area contributed by atoms with Crippen LogP contribution < -0.4 is 27.0 Å². The molecule has 5 unspecified atom stereocenters. The first kappa shape index (κ1) is 27.8. The minimum absolute atomic E-state index is 0.194. The molecule has 0 saturated carbocycles. The molecule has 28 heavy (non-hydrogen) atoms. The standard InChI is InChI=1S/C22H51N5O/c1-6-7-8-9-10-11-12-22(28)17-24-14-19(3)26-16-21(5)27-15-20(4)25-13-18(2)23/h18-22,24-28H,6-17,23H2,1-5H3. The number of nitrogens with two attached hydrogens (primary N) is 1. The first-order chi connectivity index (χ1) is 13.3. The van der Waals surface area contributed by atoms with Crippen LogP contribution in [0.5, 0.6) is 0 Å². The van der Waals surface area contributed by atoms with Crippen LogP contribution in [0.2, 0.25) is 0 Å². The van der Waals surface area contributed by atoms with E-state index < -0.39 is 0 Å². The van der Waals surface area contributed by atoms with Gasteiger partial charge in [-0.3, -0.25) is 0 Å². The molecule has 0 aliphatic heterocycles. The van der Waals surface area contributed by atoms with Crippen LogP contribution in [0.1, 0.15) is 79.6 Å². The van der Waals surface area contributed by atoms with Crippen LogP contribution in [0, 0.1) is 0 Å². The molecule has 0 radical (unpaired) electrons. The number of aliphatic hydroxyl groups is 1. The second-order valence-corrected chi connectivity index (χ2v) is 8.77. The Labute approximate surface area is 175 Å². The Morgan fingerprint density at radius 2 is 1.18 bits per heavy atom. The number of aliphatic hydroxyl groups excluding tert-OH is 1. The molecule has 0 rings (SSSR count). The molecule has 0 heterocycles. The highest BCUT2D eigenvalue weighted by molar-refractivity contribution is 4.74. The van der Waals surface area contributed by atoms with E-state index >= 15 is 0 Å².